The summed E-state index contributed by atoms with van der Waals surface area (Å²) in [7, 11) is 0. The highest BCUT2D eigenvalue weighted by molar-refractivity contribution is 8.26. The van der Waals surface area contributed by atoms with Gasteiger partial charge in [0.15, 0.2) is 0 Å². The number of fused-ring (bicyclic) bond motifs is 2. The largest absolute Gasteiger partial charge is 0.456 e. The number of nitrogens with zero attached hydrogens (tertiary/aromatic N) is 1. The Hall–Kier alpha value is -1.96. The van der Waals surface area contributed by atoms with Gasteiger partial charge in [0.1, 0.15) is 21.7 Å². The zero-order valence-electron chi connectivity index (χ0n) is 18.5. The summed E-state index contributed by atoms with van der Waals surface area (Å²) in [6, 6.07) is 8.51. The second-order valence-corrected chi connectivity index (χ2v) is 11.0. The molecule has 2 heterocycles. The molecule has 1 saturated heterocycles. The van der Waals surface area contributed by atoms with Crippen molar-refractivity contribution in [1.29, 1.82) is 0 Å². The zero-order chi connectivity index (χ0) is 22.9. The topological polar surface area (TPSA) is 53.7 Å². The number of benzene rings is 1. The number of halogens is 1. The lowest BCUT2D eigenvalue weighted by Gasteiger charge is -2.30. The van der Waals surface area contributed by atoms with Gasteiger partial charge in [-0.3, -0.25) is 9.69 Å². The van der Waals surface area contributed by atoms with Gasteiger partial charge in [0.05, 0.1) is 4.91 Å². The summed E-state index contributed by atoms with van der Waals surface area (Å²) >= 11 is 6.98. The molecule has 2 bridgehead atoms. The first-order valence-electron chi connectivity index (χ1n) is 11.8. The van der Waals surface area contributed by atoms with Gasteiger partial charge in [0.2, 0.25) is 0 Å². The maximum atomic E-state index is 13.8. The fourth-order valence-corrected chi connectivity index (χ4v) is 6.90. The number of furan rings is 1. The Kier molecular flexibility index (Phi) is 6.72. The molecule has 1 N–H and O–H groups in total. The molecule has 4 nitrogen and oxygen atoms in total. The summed E-state index contributed by atoms with van der Waals surface area (Å²) in [6.45, 7) is 0.179. The predicted octanol–water partition coefficient (Wildman–Crippen LogP) is 6.18. The number of hydrogen-bond donors (Lipinski definition) is 1. The van der Waals surface area contributed by atoms with Crippen molar-refractivity contribution in [3.63, 3.8) is 0 Å². The van der Waals surface area contributed by atoms with Crippen molar-refractivity contribution >= 4 is 40.3 Å². The number of carbonyl (C=O) groups is 1. The quantitative estimate of drug-likeness (QED) is 0.275. The van der Waals surface area contributed by atoms with E-state index < -0.39 is 0 Å². The number of aliphatic hydroxyl groups is 1. The van der Waals surface area contributed by atoms with Crippen molar-refractivity contribution in [3.05, 3.63) is 52.4 Å². The third-order valence-corrected chi connectivity index (χ3v) is 8.50. The highest BCUT2D eigenvalue weighted by atomic mass is 32.2. The molecular formula is C26H28FNO3S2. The molecule has 3 unspecified atom stereocenters. The number of thiocarbonyl (C=S) groups is 1. The van der Waals surface area contributed by atoms with Gasteiger partial charge in [-0.2, -0.15) is 0 Å². The molecule has 1 aromatic heterocycles. The molecule has 3 fully saturated rings. The molecule has 2 aromatic rings. The van der Waals surface area contributed by atoms with Gasteiger partial charge in [0.25, 0.3) is 5.91 Å². The van der Waals surface area contributed by atoms with Crippen LogP contribution in [0.3, 0.4) is 0 Å². The molecule has 3 atom stereocenters. The second kappa shape index (κ2) is 9.72. The third kappa shape index (κ3) is 4.68. The number of aliphatic hydroxyl groups excluding tert-OH is 1. The summed E-state index contributed by atoms with van der Waals surface area (Å²) in [5.74, 6) is 2.19. The van der Waals surface area contributed by atoms with Crippen LogP contribution in [0.5, 0.6) is 0 Å². The molecule has 1 aromatic carbocycles. The first-order chi connectivity index (χ1) is 16.0. The van der Waals surface area contributed by atoms with Crippen LogP contribution in [-0.4, -0.2) is 32.9 Å². The van der Waals surface area contributed by atoms with E-state index in [1.165, 1.54) is 43.2 Å². The summed E-state index contributed by atoms with van der Waals surface area (Å²) in [5.41, 5.74) is 1.65. The maximum absolute atomic E-state index is 13.8. The normalized spacial score (nSPS) is 25.7. The smallest absolute Gasteiger partial charge is 0.266 e. The monoisotopic (exact) mass is 485 g/mol. The number of carbonyl (C=O) groups excluding carboxylic acids is 1. The predicted molar refractivity (Wildman–Crippen MR) is 133 cm³/mol. The Morgan fingerprint density at radius 1 is 1.21 bits per heavy atom. The summed E-state index contributed by atoms with van der Waals surface area (Å²) in [4.78, 5) is 15.8. The Morgan fingerprint density at radius 2 is 2.09 bits per heavy atom. The van der Waals surface area contributed by atoms with Crippen LogP contribution in [0.25, 0.3) is 17.4 Å². The highest BCUT2D eigenvalue weighted by Crippen LogP contribution is 2.49. The molecule has 2 saturated carbocycles. The SMILES string of the molecule is O=C1/C(=C/c2oc(-c3cccc(F)c3)cc2CCCCCO)SC(=S)N1C1CC2CCC1C2. The number of hydrogen-bond acceptors (Lipinski definition) is 5. The molecule has 1 aliphatic heterocycles. The Morgan fingerprint density at radius 3 is 2.82 bits per heavy atom. The number of rotatable bonds is 8. The zero-order valence-corrected chi connectivity index (χ0v) is 20.1. The fourth-order valence-electron chi connectivity index (χ4n) is 5.56. The van der Waals surface area contributed by atoms with Crippen LogP contribution < -0.4 is 0 Å². The summed E-state index contributed by atoms with van der Waals surface area (Å²) in [5, 5.41) is 9.07. The van der Waals surface area contributed by atoms with E-state index in [0.29, 0.717) is 32.2 Å². The molecule has 0 spiro atoms. The van der Waals surface area contributed by atoms with Crippen molar-refractivity contribution < 1.29 is 18.7 Å². The minimum Gasteiger partial charge on any atom is -0.456 e. The number of aryl methyl sites for hydroxylation is 1. The molecule has 5 rings (SSSR count). The Bertz CT molecular complexity index is 1090. The first kappa shape index (κ1) is 22.8. The van der Waals surface area contributed by atoms with Gasteiger partial charge in [-0.05, 0) is 74.1 Å². The van der Waals surface area contributed by atoms with Gasteiger partial charge < -0.3 is 9.52 Å². The van der Waals surface area contributed by atoms with E-state index in [1.54, 1.807) is 6.07 Å². The molecule has 33 heavy (non-hydrogen) atoms. The minimum absolute atomic E-state index is 0.0162. The van der Waals surface area contributed by atoms with Crippen LogP contribution in [0.15, 0.2) is 39.7 Å². The van der Waals surface area contributed by atoms with Crippen molar-refractivity contribution in [2.75, 3.05) is 6.61 Å². The van der Waals surface area contributed by atoms with Crippen molar-refractivity contribution in [2.45, 2.75) is 57.4 Å². The van der Waals surface area contributed by atoms with E-state index in [2.05, 4.69) is 0 Å². The van der Waals surface area contributed by atoms with Crippen LogP contribution >= 0.6 is 24.0 Å². The lowest BCUT2D eigenvalue weighted by atomic mass is 9.94. The summed E-state index contributed by atoms with van der Waals surface area (Å²) < 4.78 is 20.6. The van der Waals surface area contributed by atoms with E-state index in [1.807, 2.05) is 23.1 Å². The molecule has 0 radical (unpaired) electrons. The van der Waals surface area contributed by atoms with Crippen LogP contribution in [0, 0.1) is 17.7 Å². The van der Waals surface area contributed by atoms with Gasteiger partial charge in [-0.1, -0.05) is 49.0 Å². The number of thioether (sulfide) groups is 1. The Labute approximate surface area is 203 Å². The summed E-state index contributed by atoms with van der Waals surface area (Å²) in [6.07, 6.45) is 9.89. The minimum atomic E-state index is -0.318. The average molecular weight is 486 g/mol. The van der Waals surface area contributed by atoms with Gasteiger partial charge in [-0.25, -0.2) is 4.39 Å². The van der Waals surface area contributed by atoms with E-state index in [9.17, 15) is 9.18 Å². The standard InChI is InChI=1S/C26H28FNO3S2/c27-20-7-4-6-18(13-20)22-14-19(5-2-1-3-10-29)23(31-22)15-24-25(30)28(26(32)33-24)21-12-16-8-9-17(21)11-16/h4,6-7,13-17,21,29H,1-3,5,8-12H2/b24-15-. The molecule has 2 aliphatic carbocycles. The third-order valence-electron chi connectivity index (χ3n) is 7.17. The van der Waals surface area contributed by atoms with E-state index >= 15 is 0 Å². The number of amides is 1. The molecule has 3 aliphatic rings. The lowest BCUT2D eigenvalue weighted by molar-refractivity contribution is -0.124. The fraction of sp³-hybridized carbons (Fsp3) is 0.462. The van der Waals surface area contributed by atoms with Crippen LogP contribution in [-0.2, 0) is 11.2 Å². The second-order valence-electron chi connectivity index (χ2n) is 9.34. The Balaban J connectivity index is 1.42. The van der Waals surface area contributed by atoms with E-state index in [-0.39, 0.29) is 24.4 Å². The molecule has 7 heteroatoms. The van der Waals surface area contributed by atoms with E-state index in [4.69, 9.17) is 21.7 Å². The molecule has 174 valence electrons. The van der Waals surface area contributed by atoms with Crippen molar-refractivity contribution in [2.24, 2.45) is 11.8 Å². The van der Waals surface area contributed by atoms with Crippen LogP contribution in [0.1, 0.15) is 56.3 Å². The molecule has 1 amide bonds. The highest BCUT2D eigenvalue weighted by Gasteiger charge is 2.48. The van der Waals surface area contributed by atoms with E-state index in [0.717, 1.165) is 43.6 Å². The maximum Gasteiger partial charge on any atom is 0.266 e. The van der Waals surface area contributed by atoms with Crippen molar-refractivity contribution in [3.8, 4) is 11.3 Å². The first-order valence-corrected chi connectivity index (χ1v) is 13.0. The number of unbranched alkanes of at least 4 members (excludes halogenated alkanes) is 2. The lowest BCUT2D eigenvalue weighted by Crippen LogP contribution is -2.41. The molecular weight excluding hydrogens is 457 g/mol. The van der Waals surface area contributed by atoms with Gasteiger partial charge >= 0.3 is 0 Å². The van der Waals surface area contributed by atoms with Crippen molar-refractivity contribution in [1.82, 2.24) is 4.90 Å². The van der Waals surface area contributed by atoms with Crippen LogP contribution in [0.2, 0.25) is 0 Å². The van der Waals surface area contributed by atoms with Gasteiger partial charge in [0, 0.05) is 24.3 Å². The average Bonchev–Trinajstić information content (AvgIpc) is 3.56. The van der Waals surface area contributed by atoms with Crippen LogP contribution in [0.4, 0.5) is 4.39 Å². The van der Waals surface area contributed by atoms with Gasteiger partial charge in [-0.15, -0.1) is 0 Å².